The molecule has 0 amide bonds. The van der Waals surface area contributed by atoms with Gasteiger partial charge < -0.3 is 4.90 Å². The maximum atomic E-state index is 4.53. The minimum absolute atomic E-state index is 0.702. The molecule has 0 aliphatic heterocycles. The highest BCUT2D eigenvalue weighted by atomic mass is 79.9. The summed E-state index contributed by atoms with van der Waals surface area (Å²) in [6.07, 6.45) is 7.01. The number of anilines is 1. The maximum Gasteiger partial charge on any atom is 0.132 e. The molecule has 0 unspecified atom stereocenters. The van der Waals surface area contributed by atoms with E-state index in [1.807, 2.05) is 19.2 Å². The van der Waals surface area contributed by atoms with Gasteiger partial charge in [-0.3, -0.25) is 0 Å². The molecule has 16 heavy (non-hydrogen) atoms. The van der Waals surface area contributed by atoms with Gasteiger partial charge in [-0.15, -0.1) is 0 Å². The first kappa shape index (κ1) is 11.8. The molecule has 0 atom stereocenters. The van der Waals surface area contributed by atoms with Gasteiger partial charge in [-0.25, -0.2) is 9.97 Å². The summed E-state index contributed by atoms with van der Waals surface area (Å²) in [5.74, 6) is 1.96. The fourth-order valence-electron chi connectivity index (χ4n) is 2.02. The van der Waals surface area contributed by atoms with E-state index >= 15 is 0 Å². The molecule has 1 aliphatic rings. The molecule has 1 saturated carbocycles. The third kappa shape index (κ3) is 2.73. The van der Waals surface area contributed by atoms with Crippen LogP contribution in [0.25, 0.3) is 0 Å². The molecular formula is C12H18BrN3. The standard InChI is InChI=1S/C12H18BrN3/c1-10-14-8-6-12(15-10)16(9-3-7-13)11-4-2-5-11/h6,8,11H,2-5,7,9H2,1H3. The van der Waals surface area contributed by atoms with Crippen LogP contribution in [0.1, 0.15) is 31.5 Å². The molecule has 0 spiro atoms. The van der Waals surface area contributed by atoms with Crippen LogP contribution in [0.5, 0.6) is 0 Å². The van der Waals surface area contributed by atoms with Crippen LogP contribution >= 0.6 is 15.9 Å². The summed E-state index contributed by atoms with van der Waals surface area (Å²) in [4.78, 5) is 11.1. The lowest BCUT2D eigenvalue weighted by Gasteiger charge is -2.38. The van der Waals surface area contributed by atoms with Gasteiger partial charge in [-0.05, 0) is 38.7 Å². The number of halogens is 1. The Balaban J connectivity index is 2.10. The van der Waals surface area contributed by atoms with E-state index in [1.165, 1.54) is 25.7 Å². The zero-order valence-corrected chi connectivity index (χ0v) is 11.3. The molecule has 1 aromatic rings. The SMILES string of the molecule is Cc1nccc(N(CCCBr)C2CCC2)n1. The summed E-state index contributed by atoms with van der Waals surface area (Å²) in [6, 6.07) is 2.73. The van der Waals surface area contributed by atoms with Crippen molar-refractivity contribution in [1.29, 1.82) is 0 Å². The number of aryl methyl sites for hydroxylation is 1. The topological polar surface area (TPSA) is 29.0 Å². The lowest BCUT2D eigenvalue weighted by atomic mass is 9.91. The van der Waals surface area contributed by atoms with Gasteiger partial charge in [0.1, 0.15) is 11.6 Å². The first-order valence-electron chi connectivity index (χ1n) is 5.93. The van der Waals surface area contributed by atoms with E-state index in [9.17, 15) is 0 Å². The maximum absolute atomic E-state index is 4.53. The van der Waals surface area contributed by atoms with Gasteiger partial charge in [-0.2, -0.15) is 0 Å². The van der Waals surface area contributed by atoms with E-state index in [-0.39, 0.29) is 0 Å². The molecule has 88 valence electrons. The van der Waals surface area contributed by atoms with Crippen molar-refractivity contribution in [3.63, 3.8) is 0 Å². The molecule has 0 N–H and O–H groups in total. The zero-order chi connectivity index (χ0) is 11.4. The summed E-state index contributed by atoms with van der Waals surface area (Å²) < 4.78 is 0. The quantitative estimate of drug-likeness (QED) is 0.778. The number of rotatable bonds is 5. The molecule has 1 heterocycles. The second-order valence-corrected chi connectivity index (χ2v) is 5.08. The highest BCUT2D eigenvalue weighted by Gasteiger charge is 2.25. The number of hydrogen-bond acceptors (Lipinski definition) is 3. The predicted molar refractivity (Wildman–Crippen MR) is 70.2 cm³/mol. The molecule has 0 radical (unpaired) electrons. The van der Waals surface area contributed by atoms with Gasteiger partial charge in [0.05, 0.1) is 0 Å². The minimum atomic E-state index is 0.702. The van der Waals surface area contributed by atoms with Crippen LogP contribution in [0, 0.1) is 6.92 Å². The lowest BCUT2D eigenvalue weighted by Crippen LogP contribution is -2.41. The summed E-state index contributed by atoms with van der Waals surface area (Å²) in [6.45, 7) is 3.04. The molecule has 1 aliphatic carbocycles. The van der Waals surface area contributed by atoms with E-state index in [1.54, 1.807) is 0 Å². The average molecular weight is 284 g/mol. The van der Waals surface area contributed by atoms with Gasteiger partial charge in [0.15, 0.2) is 0 Å². The van der Waals surface area contributed by atoms with Gasteiger partial charge >= 0.3 is 0 Å². The van der Waals surface area contributed by atoms with Crippen molar-refractivity contribution in [2.75, 3.05) is 16.8 Å². The monoisotopic (exact) mass is 283 g/mol. The third-order valence-electron chi connectivity index (χ3n) is 3.10. The van der Waals surface area contributed by atoms with Crippen LogP contribution in [0.3, 0.4) is 0 Å². The first-order valence-corrected chi connectivity index (χ1v) is 7.05. The summed E-state index contributed by atoms with van der Waals surface area (Å²) in [5.41, 5.74) is 0. The highest BCUT2D eigenvalue weighted by molar-refractivity contribution is 9.09. The summed E-state index contributed by atoms with van der Waals surface area (Å²) in [7, 11) is 0. The van der Waals surface area contributed by atoms with E-state index in [2.05, 4.69) is 30.8 Å². The predicted octanol–water partition coefficient (Wildman–Crippen LogP) is 2.93. The fraction of sp³-hybridized carbons (Fsp3) is 0.667. The van der Waals surface area contributed by atoms with Crippen LogP contribution in [0.4, 0.5) is 5.82 Å². The Bertz CT molecular complexity index is 339. The molecule has 2 rings (SSSR count). The van der Waals surface area contributed by atoms with Crippen molar-refractivity contribution >= 4 is 21.7 Å². The molecule has 1 aromatic heterocycles. The van der Waals surface area contributed by atoms with Crippen LogP contribution in [-0.2, 0) is 0 Å². The number of aromatic nitrogens is 2. The smallest absolute Gasteiger partial charge is 0.132 e. The van der Waals surface area contributed by atoms with Crippen molar-refractivity contribution in [3.8, 4) is 0 Å². The third-order valence-corrected chi connectivity index (χ3v) is 3.66. The molecule has 1 fully saturated rings. The Morgan fingerprint density at radius 1 is 1.50 bits per heavy atom. The largest absolute Gasteiger partial charge is 0.353 e. The van der Waals surface area contributed by atoms with E-state index in [4.69, 9.17) is 0 Å². The average Bonchev–Trinajstić information content (AvgIpc) is 2.21. The van der Waals surface area contributed by atoms with Crippen LogP contribution < -0.4 is 4.90 Å². The lowest BCUT2D eigenvalue weighted by molar-refractivity contribution is 0.384. The second-order valence-electron chi connectivity index (χ2n) is 4.28. The number of alkyl halides is 1. The number of nitrogens with zero attached hydrogens (tertiary/aromatic N) is 3. The first-order chi connectivity index (χ1) is 7.81. The van der Waals surface area contributed by atoms with Crippen molar-refractivity contribution in [2.45, 2.75) is 38.6 Å². The molecular weight excluding hydrogens is 266 g/mol. The molecule has 4 heteroatoms. The normalized spacial score (nSPS) is 15.9. The van der Waals surface area contributed by atoms with Gasteiger partial charge in [0, 0.05) is 24.1 Å². The molecule has 0 saturated heterocycles. The van der Waals surface area contributed by atoms with Gasteiger partial charge in [-0.1, -0.05) is 15.9 Å². The second kappa shape index (κ2) is 5.62. The van der Waals surface area contributed by atoms with Crippen molar-refractivity contribution in [1.82, 2.24) is 9.97 Å². The Morgan fingerprint density at radius 2 is 2.31 bits per heavy atom. The van der Waals surface area contributed by atoms with E-state index in [0.717, 1.165) is 23.5 Å². The van der Waals surface area contributed by atoms with Crippen molar-refractivity contribution < 1.29 is 0 Å². The Kier molecular flexibility index (Phi) is 4.16. The minimum Gasteiger partial charge on any atom is -0.353 e. The van der Waals surface area contributed by atoms with Crippen LogP contribution in [0.2, 0.25) is 0 Å². The Morgan fingerprint density at radius 3 is 2.88 bits per heavy atom. The summed E-state index contributed by atoms with van der Waals surface area (Å²) in [5, 5.41) is 1.06. The van der Waals surface area contributed by atoms with E-state index < -0.39 is 0 Å². The van der Waals surface area contributed by atoms with Crippen molar-refractivity contribution in [2.24, 2.45) is 0 Å². The van der Waals surface area contributed by atoms with Crippen LogP contribution in [-0.4, -0.2) is 27.9 Å². The zero-order valence-electron chi connectivity index (χ0n) is 9.69. The van der Waals surface area contributed by atoms with Gasteiger partial charge in [0.2, 0.25) is 0 Å². The van der Waals surface area contributed by atoms with Gasteiger partial charge in [0.25, 0.3) is 0 Å². The molecule has 0 aromatic carbocycles. The molecule has 3 nitrogen and oxygen atoms in total. The van der Waals surface area contributed by atoms with Crippen molar-refractivity contribution in [3.05, 3.63) is 18.1 Å². The summed E-state index contributed by atoms with van der Waals surface area (Å²) >= 11 is 3.49. The van der Waals surface area contributed by atoms with Crippen LogP contribution in [0.15, 0.2) is 12.3 Å². The Hall–Kier alpha value is -0.640. The highest BCUT2D eigenvalue weighted by Crippen LogP contribution is 2.28. The van der Waals surface area contributed by atoms with E-state index in [0.29, 0.717) is 6.04 Å². The fourth-order valence-corrected chi connectivity index (χ4v) is 2.27. The number of hydrogen-bond donors (Lipinski definition) is 0. The molecule has 0 bridgehead atoms. The Labute approximate surface area is 105 Å².